The van der Waals surface area contributed by atoms with Crippen molar-refractivity contribution in [2.75, 3.05) is 38.3 Å². The first-order valence-corrected chi connectivity index (χ1v) is 8.28. The van der Waals surface area contributed by atoms with Crippen LogP contribution >= 0.6 is 0 Å². The van der Waals surface area contributed by atoms with Gasteiger partial charge in [0.15, 0.2) is 0 Å². The van der Waals surface area contributed by atoms with Crippen LogP contribution in [0.4, 0.5) is 5.69 Å². The number of hydrogen-bond donors (Lipinski definition) is 1. The molecule has 0 fully saturated rings. The Hall–Kier alpha value is -1.06. The van der Waals surface area contributed by atoms with E-state index in [0.717, 1.165) is 38.7 Å². The van der Waals surface area contributed by atoms with E-state index in [0.29, 0.717) is 0 Å². The van der Waals surface area contributed by atoms with Crippen molar-refractivity contribution in [3.63, 3.8) is 0 Å². The molecule has 0 aliphatic carbocycles. The highest BCUT2D eigenvalue weighted by molar-refractivity contribution is 5.47. The predicted molar refractivity (Wildman–Crippen MR) is 92.0 cm³/mol. The van der Waals surface area contributed by atoms with Crippen molar-refractivity contribution in [3.05, 3.63) is 29.8 Å². The molecule has 120 valence electrons. The van der Waals surface area contributed by atoms with Gasteiger partial charge in [0.1, 0.15) is 0 Å². The number of methoxy groups -OCH3 is 1. The van der Waals surface area contributed by atoms with Crippen LogP contribution < -0.4 is 10.2 Å². The Balaban J connectivity index is 2.53. The molecule has 1 aromatic carbocycles. The summed E-state index contributed by atoms with van der Waals surface area (Å²) in [5, 5.41) is 3.38. The standard InChI is InChI=1S/C18H32N2O/c1-5-16(6-2)15-20(7-3)18-10-8-17(9-11-18)14-19-12-13-21-4/h8-11,16,19H,5-7,12-15H2,1-4H3. The third-order valence-corrected chi connectivity index (χ3v) is 4.13. The van der Waals surface area contributed by atoms with Gasteiger partial charge in [-0.3, -0.25) is 0 Å². The number of rotatable bonds is 11. The summed E-state index contributed by atoms with van der Waals surface area (Å²) in [6.07, 6.45) is 2.52. The van der Waals surface area contributed by atoms with Crippen molar-refractivity contribution in [3.8, 4) is 0 Å². The Labute approximate surface area is 130 Å². The van der Waals surface area contributed by atoms with Crippen LogP contribution in [0.15, 0.2) is 24.3 Å². The van der Waals surface area contributed by atoms with Gasteiger partial charge in [-0.05, 0) is 30.5 Å². The highest BCUT2D eigenvalue weighted by Gasteiger charge is 2.10. The van der Waals surface area contributed by atoms with E-state index in [9.17, 15) is 0 Å². The van der Waals surface area contributed by atoms with Gasteiger partial charge in [-0.1, -0.05) is 38.8 Å². The molecule has 0 atom stereocenters. The molecule has 0 heterocycles. The van der Waals surface area contributed by atoms with Gasteiger partial charge in [-0.2, -0.15) is 0 Å². The van der Waals surface area contributed by atoms with E-state index < -0.39 is 0 Å². The van der Waals surface area contributed by atoms with E-state index in [4.69, 9.17) is 4.74 Å². The predicted octanol–water partition coefficient (Wildman–Crippen LogP) is 3.69. The summed E-state index contributed by atoms with van der Waals surface area (Å²) < 4.78 is 5.03. The molecule has 0 bridgehead atoms. The summed E-state index contributed by atoms with van der Waals surface area (Å²) in [5.74, 6) is 0.792. The Morgan fingerprint density at radius 1 is 1.10 bits per heavy atom. The van der Waals surface area contributed by atoms with Crippen LogP contribution in [0, 0.1) is 5.92 Å². The summed E-state index contributed by atoms with van der Waals surface area (Å²) in [5.41, 5.74) is 2.67. The van der Waals surface area contributed by atoms with Crippen LogP contribution in [0.5, 0.6) is 0 Å². The summed E-state index contributed by atoms with van der Waals surface area (Å²) in [6.45, 7) is 11.6. The Morgan fingerprint density at radius 2 is 1.76 bits per heavy atom. The highest BCUT2D eigenvalue weighted by atomic mass is 16.5. The van der Waals surface area contributed by atoms with E-state index >= 15 is 0 Å². The molecule has 3 heteroatoms. The summed E-state index contributed by atoms with van der Waals surface area (Å²) in [7, 11) is 1.73. The fraction of sp³-hybridized carbons (Fsp3) is 0.667. The van der Waals surface area contributed by atoms with Crippen molar-refractivity contribution >= 4 is 5.69 Å². The van der Waals surface area contributed by atoms with Crippen molar-refractivity contribution < 1.29 is 4.74 Å². The lowest BCUT2D eigenvalue weighted by Crippen LogP contribution is -2.29. The first-order chi connectivity index (χ1) is 10.2. The Kier molecular flexibility index (Phi) is 9.11. The third kappa shape index (κ3) is 6.49. The van der Waals surface area contributed by atoms with Crippen LogP contribution in [0.25, 0.3) is 0 Å². The van der Waals surface area contributed by atoms with E-state index in [-0.39, 0.29) is 0 Å². The lowest BCUT2D eigenvalue weighted by atomic mass is 10.0. The lowest BCUT2D eigenvalue weighted by molar-refractivity contribution is 0.199. The molecular weight excluding hydrogens is 260 g/mol. The fourth-order valence-electron chi connectivity index (χ4n) is 2.51. The molecule has 0 radical (unpaired) electrons. The molecule has 0 saturated carbocycles. The third-order valence-electron chi connectivity index (χ3n) is 4.13. The fourth-order valence-corrected chi connectivity index (χ4v) is 2.51. The maximum Gasteiger partial charge on any atom is 0.0587 e. The van der Waals surface area contributed by atoms with Gasteiger partial charge in [-0.25, -0.2) is 0 Å². The minimum absolute atomic E-state index is 0.761. The second-order valence-corrected chi connectivity index (χ2v) is 5.56. The molecule has 1 N–H and O–H groups in total. The number of benzene rings is 1. The Morgan fingerprint density at radius 3 is 2.29 bits per heavy atom. The molecule has 21 heavy (non-hydrogen) atoms. The van der Waals surface area contributed by atoms with Crippen molar-refractivity contribution in [2.24, 2.45) is 5.92 Å². The molecule has 0 aromatic heterocycles. The maximum atomic E-state index is 5.03. The van der Waals surface area contributed by atoms with Gasteiger partial charge >= 0.3 is 0 Å². The number of ether oxygens (including phenoxy) is 1. The van der Waals surface area contributed by atoms with Gasteiger partial charge in [0.2, 0.25) is 0 Å². The van der Waals surface area contributed by atoms with E-state index in [1.807, 2.05) is 0 Å². The second-order valence-electron chi connectivity index (χ2n) is 5.56. The van der Waals surface area contributed by atoms with Crippen LogP contribution in [-0.4, -0.2) is 33.4 Å². The molecule has 0 aliphatic heterocycles. The van der Waals surface area contributed by atoms with E-state index in [1.165, 1.54) is 24.1 Å². The number of nitrogens with one attached hydrogen (secondary N) is 1. The molecule has 0 amide bonds. The zero-order valence-corrected chi connectivity index (χ0v) is 14.2. The molecule has 1 aromatic rings. The minimum Gasteiger partial charge on any atom is -0.383 e. The minimum atomic E-state index is 0.761. The monoisotopic (exact) mass is 292 g/mol. The van der Waals surface area contributed by atoms with Crippen LogP contribution in [0.2, 0.25) is 0 Å². The number of hydrogen-bond acceptors (Lipinski definition) is 3. The first kappa shape index (κ1) is 18.0. The molecule has 0 saturated heterocycles. The summed E-state index contributed by atoms with van der Waals surface area (Å²) >= 11 is 0. The molecule has 0 unspecified atom stereocenters. The molecule has 0 aliphatic rings. The average Bonchev–Trinajstić information content (AvgIpc) is 2.54. The van der Waals surface area contributed by atoms with E-state index in [2.05, 4.69) is 55.3 Å². The number of nitrogens with zero attached hydrogens (tertiary/aromatic N) is 1. The van der Waals surface area contributed by atoms with Crippen molar-refractivity contribution in [1.29, 1.82) is 0 Å². The largest absolute Gasteiger partial charge is 0.383 e. The van der Waals surface area contributed by atoms with Crippen molar-refractivity contribution in [1.82, 2.24) is 5.32 Å². The first-order valence-electron chi connectivity index (χ1n) is 8.28. The Bertz CT molecular complexity index is 360. The quantitative estimate of drug-likeness (QED) is 0.630. The zero-order valence-electron chi connectivity index (χ0n) is 14.2. The van der Waals surface area contributed by atoms with E-state index in [1.54, 1.807) is 7.11 Å². The molecule has 3 nitrogen and oxygen atoms in total. The zero-order chi connectivity index (χ0) is 15.5. The van der Waals surface area contributed by atoms with Gasteiger partial charge < -0.3 is 15.0 Å². The SMILES string of the molecule is CCC(CC)CN(CC)c1ccc(CNCCOC)cc1. The summed E-state index contributed by atoms with van der Waals surface area (Å²) in [4.78, 5) is 2.49. The average molecular weight is 292 g/mol. The van der Waals surface area contributed by atoms with Crippen LogP contribution in [-0.2, 0) is 11.3 Å². The van der Waals surface area contributed by atoms with Gasteiger partial charge in [0, 0.05) is 39.0 Å². The second kappa shape index (κ2) is 10.6. The normalized spacial score (nSPS) is 11.1. The molecule has 1 rings (SSSR count). The molecule has 0 spiro atoms. The van der Waals surface area contributed by atoms with Crippen LogP contribution in [0.3, 0.4) is 0 Å². The summed E-state index contributed by atoms with van der Waals surface area (Å²) in [6, 6.07) is 8.95. The number of anilines is 1. The van der Waals surface area contributed by atoms with Gasteiger partial charge in [-0.15, -0.1) is 0 Å². The van der Waals surface area contributed by atoms with Gasteiger partial charge in [0.25, 0.3) is 0 Å². The van der Waals surface area contributed by atoms with Crippen molar-refractivity contribution in [2.45, 2.75) is 40.2 Å². The van der Waals surface area contributed by atoms with Crippen LogP contribution in [0.1, 0.15) is 39.2 Å². The van der Waals surface area contributed by atoms with Gasteiger partial charge in [0.05, 0.1) is 6.61 Å². The highest BCUT2D eigenvalue weighted by Crippen LogP contribution is 2.19. The lowest BCUT2D eigenvalue weighted by Gasteiger charge is -2.27. The topological polar surface area (TPSA) is 24.5 Å². The maximum absolute atomic E-state index is 5.03. The smallest absolute Gasteiger partial charge is 0.0587 e. The molecular formula is C18H32N2O.